The molecule has 5 heteroatoms. The number of carbonyl (C=O) groups excluding carboxylic acids is 1. The van der Waals surface area contributed by atoms with Gasteiger partial charge in [-0.2, -0.15) is 0 Å². The van der Waals surface area contributed by atoms with Gasteiger partial charge in [0.2, 0.25) is 0 Å². The topological polar surface area (TPSA) is 32.8 Å². The Balaban J connectivity index is 2.75. The number of methoxy groups -OCH3 is 1. The van der Waals surface area contributed by atoms with Gasteiger partial charge >= 0.3 is 5.97 Å². The predicted octanol–water partition coefficient (Wildman–Crippen LogP) is 1.99. The van der Waals surface area contributed by atoms with Crippen LogP contribution in [0.15, 0.2) is 22.7 Å². The van der Waals surface area contributed by atoms with Gasteiger partial charge in [-0.15, -0.1) is 0 Å². The standard InChI is InChI=1S/C13H17BrN2O2/c1-15-5-7-16(8-6-15)10-3-4-12(14)11(9-10)13(17)18-2/h3-4,9H,5-8H2,1-2H3/i1D3,2D3,5D2,6D2,7D2,8D2. The first-order valence-corrected chi connectivity index (χ1v) is 5.42. The summed E-state index contributed by atoms with van der Waals surface area (Å²) >= 11 is 2.98. The molecule has 1 heterocycles. The summed E-state index contributed by atoms with van der Waals surface area (Å²) in [6, 6.07) is 2.90. The van der Waals surface area contributed by atoms with Crippen LogP contribution in [0.25, 0.3) is 0 Å². The Labute approximate surface area is 135 Å². The maximum absolute atomic E-state index is 12.2. The zero-order chi connectivity index (χ0) is 25.3. The van der Waals surface area contributed by atoms with E-state index in [1.807, 2.05) is 0 Å². The number of nitrogens with zero attached hydrogens (tertiary/aromatic N) is 2. The third-order valence-corrected chi connectivity index (χ3v) is 2.76. The van der Waals surface area contributed by atoms with Crippen LogP contribution in [0, 0.1) is 0 Å². The maximum atomic E-state index is 12.2. The molecule has 98 valence electrons. The molecule has 0 amide bonds. The van der Waals surface area contributed by atoms with Crippen LogP contribution in [0.1, 0.15) is 29.5 Å². The molecule has 0 aliphatic carbocycles. The zero-order valence-corrected chi connectivity index (χ0v) is 10.4. The van der Waals surface area contributed by atoms with Gasteiger partial charge in [0.25, 0.3) is 0 Å². The van der Waals surface area contributed by atoms with Crippen molar-refractivity contribution in [1.29, 1.82) is 0 Å². The van der Waals surface area contributed by atoms with Crippen LogP contribution >= 0.6 is 15.9 Å². The highest BCUT2D eigenvalue weighted by Crippen LogP contribution is 2.25. The Hall–Kier alpha value is -1.07. The van der Waals surface area contributed by atoms with Crippen molar-refractivity contribution in [2.24, 2.45) is 0 Å². The van der Waals surface area contributed by atoms with E-state index in [2.05, 4.69) is 20.7 Å². The first-order chi connectivity index (χ1) is 14.0. The van der Waals surface area contributed by atoms with Crippen LogP contribution in [0.2, 0.25) is 0 Å². The van der Waals surface area contributed by atoms with Gasteiger partial charge in [0.15, 0.2) is 0 Å². The minimum Gasteiger partial charge on any atom is -0.465 e. The fraction of sp³-hybridized carbons (Fsp3) is 0.462. The molecule has 0 aromatic heterocycles. The summed E-state index contributed by atoms with van der Waals surface area (Å²) in [4.78, 5) is 11.8. The van der Waals surface area contributed by atoms with Crippen molar-refractivity contribution in [2.75, 3.05) is 44.9 Å². The normalized spacial score (nSPS) is 40.8. The van der Waals surface area contributed by atoms with E-state index in [9.17, 15) is 4.79 Å². The van der Waals surface area contributed by atoms with E-state index in [0.29, 0.717) is 0 Å². The number of esters is 1. The number of anilines is 1. The summed E-state index contributed by atoms with van der Waals surface area (Å²) in [7, 11) is -3.13. The van der Waals surface area contributed by atoms with Crippen molar-refractivity contribution < 1.29 is 28.7 Å². The minimum absolute atomic E-state index is 0.0243. The molecule has 1 saturated heterocycles. The van der Waals surface area contributed by atoms with Crippen LogP contribution in [0.5, 0.6) is 0 Å². The fourth-order valence-corrected chi connectivity index (χ4v) is 1.66. The summed E-state index contributed by atoms with van der Waals surface area (Å²) in [6.07, 6.45) is 0. The molecule has 1 aliphatic heterocycles. The lowest BCUT2D eigenvalue weighted by molar-refractivity contribution is 0.0599. The lowest BCUT2D eigenvalue weighted by Gasteiger charge is -2.34. The Morgan fingerprint density at radius 1 is 1.44 bits per heavy atom. The quantitative estimate of drug-likeness (QED) is 0.778. The number of halogens is 1. The van der Waals surface area contributed by atoms with Crippen LogP contribution in [-0.4, -0.2) is 50.9 Å². The molecule has 0 bridgehead atoms. The van der Waals surface area contributed by atoms with E-state index in [-0.39, 0.29) is 9.37 Å². The highest BCUT2D eigenvalue weighted by molar-refractivity contribution is 9.10. The van der Waals surface area contributed by atoms with Crippen LogP contribution < -0.4 is 4.90 Å². The molecule has 1 aliphatic rings. The van der Waals surface area contributed by atoms with Gasteiger partial charge in [0, 0.05) is 45.7 Å². The number of likely N-dealkylation sites (N-methyl/N-ethyl adjacent to an activating group) is 1. The van der Waals surface area contributed by atoms with Crippen LogP contribution in [0.4, 0.5) is 5.69 Å². The summed E-state index contributed by atoms with van der Waals surface area (Å²) < 4.78 is 113. The Morgan fingerprint density at radius 3 is 2.89 bits per heavy atom. The molecule has 0 radical (unpaired) electrons. The van der Waals surface area contributed by atoms with Crippen molar-refractivity contribution >= 4 is 27.6 Å². The Morgan fingerprint density at radius 2 is 2.22 bits per heavy atom. The van der Waals surface area contributed by atoms with Crippen LogP contribution in [0.3, 0.4) is 0 Å². The SMILES string of the molecule is [2H]C([2H])([2H])OC(=O)c1cc(N2C([2H])([2H])C([2H])([2H])N(C([2H])([2H])[2H])C([2H])([2H])C2([2H])[2H])ccc1Br. The van der Waals surface area contributed by atoms with E-state index in [1.54, 1.807) is 0 Å². The minimum atomic E-state index is -3.60. The first kappa shape index (κ1) is 4.21. The summed E-state index contributed by atoms with van der Waals surface area (Å²) in [5.74, 6) is -1.40. The summed E-state index contributed by atoms with van der Waals surface area (Å²) in [5.41, 5.74) is -1.07. The highest BCUT2D eigenvalue weighted by Gasteiger charge is 2.17. The molecular formula is C13H17BrN2O2. The van der Waals surface area contributed by atoms with Crippen molar-refractivity contribution in [2.45, 2.75) is 0 Å². The fourth-order valence-electron chi connectivity index (χ4n) is 1.25. The molecule has 1 fully saturated rings. The number of rotatable bonds is 2. The average Bonchev–Trinajstić information content (AvgIpc) is 2.51. The molecule has 4 nitrogen and oxygen atoms in total. The van der Waals surface area contributed by atoms with E-state index >= 15 is 0 Å². The molecule has 18 heavy (non-hydrogen) atoms. The van der Waals surface area contributed by atoms with E-state index in [4.69, 9.17) is 19.2 Å². The second kappa shape index (κ2) is 5.71. The average molecular weight is 327 g/mol. The van der Waals surface area contributed by atoms with Crippen molar-refractivity contribution in [3.63, 3.8) is 0 Å². The summed E-state index contributed by atoms with van der Waals surface area (Å²) in [5, 5.41) is 0. The maximum Gasteiger partial charge on any atom is 0.339 e. The zero-order valence-electron chi connectivity index (χ0n) is 22.8. The molecule has 0 spiro atoms. The molecule has 0 saturated carbocycles. The number of carbonyl (C=O) groups is 1. The van der Waals surface area contributed by atoms with E-state index in [1.165, 1.54) is 0 Å². The third-order valence-electron chi connectivity index (χ3n) is 2.07. The molecule has 0 N–H and O–H groups in total. The van der Waals surface area contributed by atoms with E-state index < -0.39 is 62.1 Å². The van der Waals surface area contributed by atoms with Gasteiger partial charge in [-0.1, -0.05) is 0 Å². The molecule has 0 atom stereocenters. The number of hydrogen-bond acceptors (Lipinski definition) is 4. The summed E-state index contributed by atoms with van der Waals surface area (Å²) in [6.45, 7) is -17.7. The van der Waals surface area contributed by atoms with Crippen molar-refractivity contribution in [3.8, 4) is 0 Å². The second-order valence-corrected chi connectivity index (χ2v) is 4.03. The molecule has 2 rings (SSSR count). The molecular weight excluding hydrogens is 296 g/mol. The van der Waals surface area contributed by atoms with Gasteiger partial charge in [-0.25, -0.2) is 4.79 Å². The van der Waals surface area contributed by atoms with Crippen molar-refractivity contribution in [3.05, 3.63) is 28.2 Å². The van der Waals surface area contributed by atoms with E-state index in [0.717, 1.165) is 18.2 Å². The number of benzene rings is 1. The lowest BCUT2D eigenvalue weighted by atomic mass is 10.1. The van der Waals surface area contributed by atoms with Crippen LogP contribution in [-0.2, 0) is 4.74 Å². The van der Waals surface area contributed by atoms with Gasteiger partial charge < -0.3 is 14.5 Å². The monoisotopic (exact) mass is 326 g/mol. The number of ether oxygens (including phenoxy) is 1. The van der Waals surface area contributed by atoms with Gasteiger partial charge in [0.1, 0.15) is 0 Å². The predicted molar refractivity (Wildman–Crippen MR) is 75.2 cm³/mol. The van der Waals surface area contributed by atoms with Gasteiger partial charge in [0.05, 0.1) is 22.2 Å². The Bertz CT molecular complexity index is 885. The molecule has 1 aromatic rings. The molecule has 1 aromatic carbocycles. The third kappa shape index (κ3) is 2.84. The largest absolute Gasteiger partial charge is 0.465 e. The smallest absolute Gasteiger partial charge is 0.339 e. The lowest BCUT2D eigenvalue weighted by Crippen LogP contribution is -2.44. The van der Waals surface area contributed by atoms with Gasteiger partial charge in [-0.3, -0.25) is 0 Å². The first-order valence-electron chi connectivity index (χ1n) is 11.6. The molecule has 0 unspecified atom stereocenters. The second-order valence-electron chi connectivity index (χ2n) is 3.17. The van der Waals surface area contributed by atoms with Gasteiger partial charge in [-0.05, 0) is 41.1 Å². The highest BCUT2D eigenvalue weighted by atomic mass is 79.9. The van der Waals surface area contributed by atoms with Crippen molar-refractivity contribution in [1.82, 2.24) is 4.90 Å². The number of hydrogen-bond donors (Lipinski definition) is 0. The number of piperazine rings is 1. The Kier molecular flexibility index (Phi) is 1.34.